The minimum Gasteiger partial charge on any atom is -0.456 e. The largest absolute Gasteiger partial charge is 0.456 e. The molecule has 0 atom stereocenters. The van der Waals surface area contributed by atoms with Gasteiger partial charge in [0.2, 0.25) is 0 Å². The van der Waals surface area contributed by atoms with E-state index < -0.39 is 5.41 Å². The molecule has 10 aromatic rings. The Morgan fingerprint density at radius 2 is 0.923 bits per heavy atom. The first-order valence-corrected chi connectivity index (χ1v) is 17.8. The SMILES string of the molecule is c1ccc(C2(c3ccccc3)c3ccccc3-c3cc(N(c4ccc5c(c4)oc4ccccc45)c4cccc5oc6ccccc6c45)ccc32)cc1. The van der Waals surface area contributed by atoms with Crippen LogP contribution in [0.4, 0.5) is 17.1 Å². The molecule has 0 aliphatic heterocycles. The van der Waals surface area contributed by atoms with Crippen LogP contribution in [0.15, 0.2) is 197 Å². The van der Waals surface area contributed by atoms with Crippen molar-refractivity contribution in [2.75, 3.05) is 4.90 Å². The third kappa shape index (κ3) is 4.02. The number of furan rings is 2. The summed E-state index contributed by atoms with van der Waals surface area (Å²) in [6.45, 7) is 0. The molecule has 244 valence electrons. The highest BCUT2D eigenvalue weighted by molar-refractivity contribution is 6.14. The first-order valence-electron chi connectivity index (χ1n) is 17.8. The summed E-state index contributed by atoms with van der Waals surface area (Å²) in [7, 11) is 0. The summed E-state index contributed by atoms with van der Waals surface area (Å²) < 4.78 is 12.9. The van der Waals surface area contributed by atoms with Gasteiger partial charge in [0.1, 0.15) is 22.3 Å². The number of hydrogen-bond acceptors (Lipinski definition) is 3. The Labute approximate surface area is 300 Å². The monoisotopic (exact) mass is 665 g/mol. The smallest absolute Gasteiger partial charge is 0.137 e. The average Bonchev–Trinajstić information content (AvgIpc) is 3.87. The van der Waals surface area contributed by atoms with Crippen molar-refractivity contribution in [1.29, 1.82) is 0 Å². The molecule has 8 aromatic carbocycles. The summed E-state index contributed by atoms with van der Waals surface area (Å²) in [6, 6.07) is 67.3. The minimum atomic E-state index is -0.467. The molecule has 3 heteroatoms. The van der Waals surface area contributed by atoms with Crippen molar-refractivity contribution >= 4 is 60.9 Å². The fourth-order valence-corrected chi connectivity index (χ4v) is 8.80. The molecule has 2 heterocycles. The van der Waals surface area contributed by atoms with Crippen molar-refractivity contribution in [3.63, 3.8) is 0 Å². The second kappa shape index (κ2) is 11.1. The maximum Gasteiger partial charge on any atom is 0.137 e. The van der Waals surface area contributed by atoms with Gasteiger partial charge >= 0.3 is 0 Å². The van der Waals surface area contributed by atoms with Crippen molar-refractivity contribution < 1.29 is 8.83 Å². The Kier molecular flexibility index (Phi) is 6.17. The van der Waals surface area contributed by atoms with E-state index in [9.17, 15) is 0 Å². The van der Waals surface area contributed by atoms with Gasteiger partial charge in [0.05, 0.1) is 16.5 Å². The highest BCUT2D eigenvalue weighted by Gasteiger charge is 2.46. The molecule has 0 bridgehead atoms. The summed E-state index contributed by atoms with van der Waals surface area (Å²) in [5, 5.41) is 4.38. The van der Waals surface area contributed by atoms with Gasteiger partial charge in [-0.05, 0) is 81.9 Å². The molecule has 0 radical (unpaired) electrons. The quantitative estimate of drug-likeness (QED) is 0.183. The van der Waals surface area contributed by atoms with E-state index in [2.05, 4.69) is 169 Å². The number of fused-ring (bicyclic) bond motifs is 9. The lowest BCUT2D eigenvalue weighted by molar-refractivity contribution is 0.669. The third-order valence-electron chi connectivity index (χ3n) is 10.9. The molecule has 0 saturated carbocycles. The Hall–Kier alpha value is -6.84. The first-order chi connectivity index (χ1) is 25.8. The van der Waals surface area contributed by atoms with Gasteiger partial charge < -0.3 is 13.7 Å². The van der Waals surface area contributed by atoms with Crippen molar-refractivity contribution in [1.82, 2.24) is 0 Å². The molecule has 1 aliphatic rings. The van der Waals surface area contributed by atoms with Gasteiger partial charge in [-0.15, -0.1) is 0 Å². The van der Waals surface area contributed by atoms with Crippen LogP contribution in [0.3, 0.4) is 0 Å². The Morgan fingerprint density at radius 3 is 1.71 bits per heavy atom. The minimum absolute atomic E-state index is 0.467. The number of rotatable bonds is 5. The number of para-hydroxylation sites is 2. The first kappa shape index (κ1) is 28.9. The number of nitrogens with zero attached hydrogens (tertiary/aromatic N) is 1. The summed E-state index contributed by atoms with van der Waals surface area (Å²) >= 11 is 0. The van der Waals surface area contributed by atoms with Crippen LogP contribution in [0.1, 0.15) is 22.3 Å². The topological polar surface area (TPSA) is 29.5 Å². The lowest BCUT2D eigenvalue weighted by atomic mass is 9.68. The molecular weight excluding hydrogens is 635 g/mol. The average molecular weight is 666 g/mol. The van der Waals surface area contributed by atoms with Crippen molar-refractivity contribution in [2.24, 2.45) is 0 Å². The zero-order valence-corrected chi connectivity index (χ0v) is 28.2. The molecule has 2 aromatic heterocycles. The number of hydrogen-bond donors (Lipinski definition) is 0. The molecule has 0 N–H and O–H groups in total. The fourth-order valence-electron chi connectivity index (χ4n) is 8.80. The van der Waals surface area contributed by atoms with E-state index in [0.29, 0.717) is 0 Å². The van der Waals surface area contributed by atoms with Crippen LogP contribution < -0.4 is 4.90 Å². The Morgan fingerprint density at radius 1 is 0.365 bits per heavy atom. The van der Waals surface area contributed by atoms with Crippen molar-refractivity contribution in [3.05, 3.63) is 210 Å². The predicted molar refractivity (Wildman–Crippen MR) is 213 cm³/mol. The van der Waals surface area contributed by atoms with Gasteiger partial charge in [-0.25, -0.2) is 0 Å². The molecule has 52 heavy (non-hydrogen) atoms. The van der Waals surface area contributed by atoms with Crippen LogP contribution >= 0.6 is 0 Å². The molecule has 0 saturated heterocycles. The molecule has 1 aliphatic carbocycles. The highest BCUT2D eigenvalue weighted by Crippen LogP contribution is 2.57. The van der Waals surface area contributed by atoms with E-state index in [1.807, 2.05) is 24.3 Å². The van der Waals surface area contributed by atoms with Crippen LogP contribution in [0.25, 0.3) is 55.0 Å². The summed E-state index contributed by atoms with van der Waals surface area (Å²) in [5.74, 6) is 0. The number of benzene rings is 8. The molecule has 11 rings (SSSR count). The second-order valence-corrected chi connectivity index (χ2v) is 13.6. The van der Waals surface area contributed by atoms with Crippen LogP contribution in [-0.4, -0.2) is 0 Å². The number of anilines is 3. The van der Waals surface area contributed by atoms with E-state index in [0.717, 1.165) is 60.9 Å². The van der Waals surface area contributed by atoms with Gasteiger partial charge in [-0.1, -0.05) is 133 Å². The summed E-state index contributed by atoms with van der Waals surface area (Å²) in [6.07, 6.45) is 0. The lowest BCUT2D eigenvalue weighted by Crippen LogP contribution is -2.28. The normalized spacial score (nSPS) is 13.2. The molecule has 3 nitrogen and oxygen atoms in total. The van der Waals surface area contributed by atoms with Crippen molar-refractivity contribution in [2.45, 2.75) is 5.41 Å². The molecule has 0 unspecified atom stereocenters. The summed E-state index contributed by atoms with van der Waals surface area (Å²) in [4.78, 5) is 2.37. The molecule has 0 amide bonds. The van der Waals surface area contributed by atoms with Crippen LogP contribution in [-0.2, 0) is 5.41 Å². The van der Waals surface area contributed by atoms with E-state index >= 15 is 0 Å². The lowest BCUT2D eigenvalue weighted by Gasteiger charge is -2.34. The summed E-state index contributed by atoms with van der Waals surface area (Å²) in [5.41, 5.74) is 13.6. The van der Waals surface area contributed by atoms with Crippen LogP contribution in [0.5, 0.6) is 0 Å². The molecule has 0 spiro atoms. The van der Waals surface area contributed by atoms with Gasteiger partial charge in [-0.3, -0.25) is 0 Å². The fraction of sp³-hybridized carbons (Fsp3) is 0.0204. The molecule has 0 fully saturated rings. The Balaban J connectivity index is 1.21. The maximum absolute atomic E-state index is 6.46. The predicted octanol–water partition coefficient (Wildman–Crippen LogP) is 13.3. The van der Waals surface area contributed by atoms with Gasteiger partial charge in [0.25, 0.3) is 0 Å². The van der Waals surface area contributed by atoms with Crippen molar-refractivity contribution in [3.8, 4) is 11.1 Å². The van der Waals surface area contributed by atoms with E-state index in [-0.39, 0.29) is 0 Å². The van der Waals surface area contributed by atoms with Gasteiger partial charge in [0, 0.05) is 33.6 Å². The standard InChI is InChI=1S/C49H31NO2/c1-3-14-32(15-4-1)49(33-16-5-2-6-17-33)41-21-10-7-18-36(41)40-30-34(27-29-42(40)49)50(35-26-28-38-37-19-8-11-23-44(37)52-47(38)31-35)43-22-13-25-46-48(43)39-20-9-12-24-45(39)51-46/h1-31H. The Bertz CT molecular complexity index is 2930. The zero-order valence-electron chi connectivity index (χ0n) is 28.2. The zero-order chi connectivity index (χ0) is 34.2. The van der Waals surface area contributed by atoms with E-state index in [4.69, 9.17) is 8.83 Å². The van der Waals surface area contributed by atoms with Crippen LogP contribution in [0, 0.1) is 0 Å². The highest BCUT2D eigenvalue weighted by atomic mass is 16.3. The third-order valence-corrected chi connectivity index (χ3v) is 10.9. The molecular formula is C49H31NO2. The van der Waals surface area contributed by atoms with Gasteiger partial charge in [0.15, 0.2) is 0 Å². The van der Waals surface area contributed by atoms with E-state index in [1.165, 1.54) is 33.4 Å². The van der Waals surface area contributed by atoms with E-state index in [1.54, 1.807) is 0 Å². The maximum atomic E-state index is 6.46. The van der Waals surface area contributed by atoms with Crippen LogP contribution in [0.2, 0.25) is 0 Å². The second-order valence-electron chi connectivity index (χ2n) is 13.6. The van der Waals surface area contributed by atoms with Gasteiger partial charge in [-0.2, -0.15) is 0 Å².